The summed E-state index contributed by atoms with van der Waals surface area (Å²) in [7, 11) is 3.95. The smallest absolute Gasteiger partial charge is 0.191 e. The van der Waals surface area contributed by atoms with Crippen LogP contribution in [0.5, 0.6) is 5.75 Å². The molecule has 2 unspecified atom stereocenters. The Balaban J connectivity index is 0.00000300. The normalized spacial score (nSPS) is 20.0. The third-order valence-electron chi connectivity index (χ3n) is 5.34. The van der Waals surface area contributed by atoms with E-state index in [1.807, 2.05) is 0 Å². The fourth-order valence-corrected chi connectivity index (χ4v) is 4.58. The maximum absolute atomic E-state index is 5.32. The first-order chi connectivity index (χ1) is 13.7. The summed E-state index contributed by atoms with van der Waals surface area (Å²) >= 11 is 1.72. The highest BCUT2D eigenvalue weighted by Gasteiger charge is 2.30. The summed E-state index contributed by atoms with van der Waals surface area (Å²) in [5, 5.41) is 11.2. The summed E-state index contributed by atoms with van der Waals surface area (Å²) in [6.07, 6.45) is 2.45. The Hall–Kier alpha value is -1.32. The molecule has 0 radical (unpaired) electrons. The van der Waals surface area contributed by atoms with Crippen LogP contribution in [-0.4, -0.2) is 44.7 Å². The lowest BCUT2D eigenvalue weighted by Crippen LogP contribution is -2.45. The molecule has 1 fully saturated rings. The molecule has 160 valence electrons. The first-order valence-corrected chi connectivity index (χ1v) is 11.0. The van der Waals surface area contributed by atoms with Gasteiger partial charge in [0.1, 0.15) is 5.75 Å². The number of aliphatic imine (C=N–C) groups is 1. The Morgan fingerprint density at radius 2 is 2.03 bits per heavy atom. The van der Waals surface area contributed by atoms with Gasteiger partial charge in [0.25, 0.3) is 0 Å². The molecule has 2 atom stereocenters. The number of likely N-dealkylation sites (tertiary alicyclic amines) is 1. The van der Waals surface area contributed by atoms with E-state index in [1.165, 1.54) is 24.0 Å². The number of hydrogen-bond acceptors (Lipinski definition) is 4. The molecule has 1 aliphatic rings. The Morgan fingerprint density at radius 3 is 2.69 bits per heavy atom. The molecule has 1 saturated heterocycles. The monoisotopic (exact) mass is 528 g/mol. The van der Waals surface area contributed by atoms with Gasteiger partial charge in [0.05, 0.1) is 13.7 Å². The van der Waals surface area contributed by atoms with E-state index < -0.39 is 0 Å². The summed E-state index contributed by atoms with van der Waals surface area (Å²) < 4.78 is 5.32. The number of ether oxygens (including phenoxy) is 1. The summed E-state index contributed by atoms with van der Waals surface area (Å²) in [5.74, 6) is 2.35. The highest BCUT2D eigenvalue weighted by Crippen LogP contribution is 2.35. The molecule has 2 heterocycles. The molecule has 0 aliphatic carbocycles. The molecule has 0 saturated carbocycles. The SMILES string of the molecule is CCNC(=NCc1ccsc1)NCC1CCCN(C)C1c1ccc(OC)cc1.I. The van der Waals surface area contributed by atoms with Gasteiger partial charge < -0.3 is 15.4 Å². The second-order valence-electron chi connectivity index (χ2n) is 7.31. The maximum atomic E-state index is 5.32. The Bertz CT molecular complexity index is 736. The van der Waals surface area contributed by atoms with E-state index in [0.717, 1.165) is 31.3 Å². The number of nitrogens with zero attached hydrogens (tertiary/aromatic N) is 2. The minimum Gasteiger partial charge on any atom is -0.497 e. The van der Waals surface area contributed by atoms with Crippen LogP contribution in [0.25, 0.3) is 0 Å². The van der Waals surface area contributed by atoms with Crippen molar-refractivity contribution in [2.24, 2.45) is 10.9 Å². The van der Waals surface area contributed by atoms with Crippen LogP contribution in [0.4, 0.5) is 0 Å². The van der Waals surface area contributed by atoms with Gasteiger partial charge in [0.2, 0.25) is 0 Å². The Labute approximate surface area is 196 Å². The maximum Gasteiger partial charge on any atom is 0.191 e. The number of piperidine rings is 1. The minimum atomic E-state index is 0. The lowest BCUT2D eigenvalue weighted by molar-refractivity contribution is 0.122. The number of rotatable bonds is 7. The zero-order valence-corrected chi connectivity index (χ0v) is 20.7. The fourth-order valence-electron chi connectivity index (χ4n) is 3.92. The van der Waals surface area contributed by atoms with Gasteiger partial charge in [-0.05, 0) is 79.4 Å². The topological polar surface area (TPSA) is 48.9 Å². The predicted molar refractivity (Wildman–Crippen MR) is 134 cm³/mol. The van der Waals surface area contributed by atoms with E-state index in [-0.39, 0.29) is 24.0 Å². The summed E-state index contributed by atoms with van der Waals surface area (Å²) in [6, 6.07) is 11.1. The summed E-state index contributed by atoms with van der Waals surface area (Å²) in [5.41, 5.74) is 2.62. The van der Waals surface area contributed by atoms with Crippen LogP contribution in [0.15, 0.2) is 46.1 Å². The highest BCUT2D eigenvalue weighted by atomic mass is 127. The molecule has 3 rings (SSSR count). The van der Waals surface area contributed by atoms with Crippen LogP contribution in [0.2, 0.25) is 0 Å². The standard InChI is InChI=1S/C22H32N4OS.HI/c1-4-23-22(24-14-17-11-13-28-16-17)25-15-19-6-5-12-26(2)21(19)18-7-9-20(27-3)10-8-18;/h7-11,13,16,19,21H,4-6,12,14-15H2,1-3H3,(H2,23,24,25);1H. The van der Waals surface area contributed by atoms with Crippen molar-refractivity contribution in [1.29, 1.82) is 0 Å². The predicted octanol–water partition coefficient (Wildman–Crippen LogP) is 4.51. The minimum absolute atomic E-state index is 0. The van der Waals surface area contributed by atoms with E-state index in [9.17, 15) is 0 Å². The van der Waals surface area contributed by atoms with Crippen molar-refractivity contribution in [3.63, 3.8) is 0 Å². The molecule has 7 heteroatoms. The Morgan fingerprint density at radius 1 is 1.24 bits per heavy atom. The largest absolute Gasteiger partial charge is 0.497 e. The number of thiophene rings is 1. The average Bonchev–Trinajstić information content (AvgIpc) is 3.24. The van der Waals surface area contributed by atoms with Crippen LogP contribution in [0, 0.1) is 5.92 Å². The van der Waals surface area contributed by atoms with Gasteiger partial charge in [0.15, 0.2) is 5.96 Å². The third-order valence-corrected chi connectivity index (χ3v) is 6.07. The Kier molecular flexibility index (Phi) is 10.2. The molecule has 29 heavy (non-hydrogen) atoms. The van der Waals surface area contributed by atoms with Gasteiger partial charge in [-0.2, -0.15) is 11.3 Å². The van der Waals surface area contributed by atoms with Gasteiger partial charge in [-0.25, -0.2) is 4.99 Å². The van der Waals surface area contributed by atoms with Gasteiger partial charge in [-0.3, -0.25) is 4.90 Å². The van der Waals surface area contributed by atoms with E-state index in [2.05, 4.69) is 70.6 Å². The lowest BCUT2D eigenvalue weighted by Gasteiger charge is -2.40. The van der Waals surface area contributed by atoms with Crippen LogP contribution >= 0.6 is 35.3 Å². The second kappa shape index (κ2) is 12.4. The van der Waals surface area contributed by atoms with E-state index in [1.54, 1.807) is 18.4 Å². The number of methoxy groups -OCH3 is 1. The van der Waals surface area contributed by atoms with Crippen LogP contribution in [0.1, 0.15) is 36.9 Å². The van der Waals surface area contributed by atoms with Crippen LogP contribution in [0.3, 0.4) is 0 Å². The molecule has 5 nitrogen and oxygen atoms in total. The van der Waals surface area contributed by atoms with Gasteiger partial charge in [-0.15, -0.1) is 24.0 Å². The van der Waals surface area contributed by atoms with E-state index >= 15 is 0 Å². The summed E-state index contributed by atoms with van der Waals surface area (Å²) in [6.45, 7) is 5.74. The molecule has 2 N–H and O–H groups in total. The van der Waals surface area contributed by atoms with Crippen molar-refractivity contribution in [1.82, 2.24) is 15.5 Å². The quantitative estimate of drug-likeness (QED) is 0.316. The number of benzene rings is 1. The molecule has 1 aromatic heterocycles. The van der Waals surface area contributed by atoms with Crippen molar-refractivity contribution >= 4 is 41.3 Å². The summed E-state index contributed by atoms with van der Waals surface area (Å²) in [4.78, 5) is 7.23. The van der Waals surface area contributed by atoms with Crippen molar-refractivity contribution in [2.75, 3.05) is 33.8 Å². The molecular weight excluding hydrogens is 495 g/mol. The van der Waals surface area contributed by atoms with Crippen molar-refractivity contribution in [3.05, 3.63) is 52.2 Å². The van der Waals surface area contributed by atoms with E-state index in [0.29, 0.717) is 18.5 Å². The molecule has 0 spiro atoms. The first-order valence-electron chi connectivity index (χ1n) is 10.1. The number of nitrogens with one attached hydrogen (secondary N) is 2. The second-order valence-corrected chi connectivity index (χ2v) is 8.09. The van der Waals surface area contributed by atoms with E-state index in [4.69, 9.17) is 9.73 Å². The number of halogens is 1. The van der Waals surface area contributed by atoms with Crippen molar-refractivity contribution < 1.29 is 4.74 Å². The molecule has 0 bridgehead atoms. The fraction of sp³-hybridized carbons (Fsp3) is 0.500. The third kappa shape index (κ3) is 6.86. The van der Waals surface area contributed by atoms with Crippen molar-refractivity contribution in [3.8, 4) is 5.75 Å². The van der Waals surface area contributed by atoms with Crippen LogP contribution in [-0.2, 0) is 6.54 Å². The molecular formula is C22H33IN4OS. The number of guanidine groups is 1. The first kappa shape index (κ1) is 24.0. The number of hydrogen-bond donors (Lipinski definition) is 2. The molecule has 1 aliphatic heterocycles. The van der Waals surface area contributed by atoms with Crippen LogP contribution < -0.4 is 15.4 Å². The van der Waals surface area contributed by atoms with Gasteiger partial charge in [-0.1, -0.05) is 12.1 Å². The van der Waals surface area contributed by atoms with Gasteiger partial charge >= 0.3 is 0 Å². The zero-order valence-electron chi connectivity index (χ0n) is 17.6. The molecule has 2 aromatic rings. The average molecular weight is 529 g/mol. The van der Waals surface area contributed by atoms with Crippen molar-refractivity contribution in [2.45, 2.75) is 32.4 Å². The molecule has 0 amide bonds. The highest BCUT2D eigenvalue weighted by molar-refractivity contribution is 14.0. The lowest BCUT2D eigenvalue weighted by atomic mass is 9.85. The zero-order chi connectivity index (χ0) is 19.8. The van der Waals surface area contributed by atoms with Gasteiger partial charge in [0, 0.05) is 19.1 Å². The molecule has 1 aromatic carbocycles.